The molecule has 0 aromatic rings. The fourth-order valence-electron chi connectivity index (χ4n) is 0.712. The summed E-state index contributed by atoms with van der Waals surface area (Å²) in [5, 5.41) is 0. The monoisotopic (exact) mass is 129 g/mol. The van der Waals surface area contributed by atoms with Gasteiger partial charge in [-0.25, -0.2) is 0 Å². The highest BCUT2D eigenvalue weighted by Crippen LogP contribution is 2.05. The molecule has 3 radical (unpaired) electrons. The molecule has 0 aromatic carbocycles. The van der Waals surface area contributed by atoms with Crippen LogP contribution in [0.25, 0.3) is 0 Å². The molecule has 2 heteroatoms. The van der Waals surface area contributed by atoms with Gasteiger partial charge in [0.05, 0.1) is 0 Å². The first-order chi connectivity index (χ1) is 3.66. The molecule has 1 unspecified atom stereocenters. The van der Waals surface area contributed by atoms with E-state index in [-0.39, 0.29) is 0 Å². The molecule has 0 fully saturated rings. The third-order valence-corrected chi connectivity index (χ3v) is 1.41. The van der Waals surface area contributed by atoms with Gasteiger partial charge in [0.25, 0.3) is 0 Å². The normalized spacial score (nSPS) is 14.6. The third kappa shape index (κ3) is 4.34. The van der Waals surface area contributed by atoms with Crippen molar-refractivity contribution in [2.45, 2.75) is 33.3 Å². The molecule has 0 aliphatic heterocycles. The minimum Gasteiger partial charge on any atom is -0.416 e. The van der Waals surface area contributed by atoms with Crippen LogP contribution in [0.15, 0.2) is 0 Å². The summed E-state index contributed by atoms with van der Waals surface area (Å²) in [6.07, 6.45) is 1.45. The van der Waals surface area contributed by atoms with E-state index in [2.05, 4.69) is 24.3 Å². The lowest BCUT2D eigenvalue weighted by molar-refractivity contribution is 0.211. The summed E-state index contributed by atoms with van der Waals surface area (Å²) in [6.45, 7) is 6.41. The fourth-order valence-corrected chi connectivity index (χ4v) is 0.808. The van der Waals surface area contributed by atoms with Crippen LogP contribution in [-0.4, -0.2) is 16.6 Å². The van der Waals surface area contributed by atoms with Crippen molar-refractivity contribution in [3.05, 3.63) is 0 Å². The largest absolute Gasteiger partial charge is 0.416 e. The quantitative estimate of drug-likeness (QED) is 0.525. The summed E-state index contributed by atoms with van der Waals surface area (Å²) >= 11 is 0. The molecule has 47 valence electrons. The lowest BCUT2D eigenvalue weighted by atomic mass is 10.1. The molecule has 0 aliphatic rings. The van der Waals surface area contributed by atoms with Gasteiger partial charge in [-0.2, -0.15) is 0 Å². The van der Waals surface area contributed by atoms with Gasteiger partial charge in [0, 0.05) is 6.10 Å². The van der Waals surface area contributed by atoms with Crippen LogP contribution in [0.5, 0.6) is 0 Å². The average molecular weight is 129 g/mol. The minimum atomic E-state index is 0.340. The van der Waals surface area contributed by atoms with Crippen molar-refractivity contribution in [1.29, 1.82) is 0 Å². The summed E-state index contributed by atoms with van der Waals surface area (Å²) in [5.41, 5.74) is 0. The highest BCUT2D eigenvalue weighted by atomic mass is 28.2. The molecular weight excluding hydrogens is 116 g/mol. The van der Waals surface area contributed by atoms with Gasteiger partial charge < -0.3 is 4.43 Å². The van der Waals surface area contributed by atoms with Gasteiger partial charge in [-0.05, 0) is 19.3 Å². The molecule has 0 N–H and O–H groups in total. The lowest BCUT2D eigenvalue weighted by Crippen LogP contribution is -2.08. The van der Waals surface area contributed by atoms with Crippen molar-refractivity contribution in [2.24, 2.45) is 5.92 Å². The van der Waals surface area contributed by atoms with Crippen LogP contribution in [0.4, 0.5) is 0 Å². The van der Waals surface area contributed by atoms with Crippen molar-refractivity contribution in [1.82, 2.24) is 0 Å². The van der Waals surface area contributed by atoms with E-state index < -0.39 is 0 Å². The molecule has 0 bridgehead atoms. The van der Waals surface area contributed by atoms with E-state index in [0.717, 1.165) is 12.3 Å². The lowest BCUT2D eigenvalue weighted by Gasteiger charge is -2.10. The molecule has 0 aromatic heterocycles. The summed E-state index contributed by atoms with van der Waals surface area (Å²) < 4.78 is 4.87. The Morgan fingerprint density at radius 3 is 2.00 bits per heavy atom. The Labute approximate surface area is 55.0 Å². The van der Waals surface area contributed by atoms with Gasteiger partial charge in [-0.1, -0.05) is 13.8 Å². The topological polar surface area (TPSA) is 9.23 Å². The van der Waals surface area contributed by atoms with Gasteiger partial charge in [0.2, 0.25) is 10.5 Å². The minimum absolute atomic E-state index is 0.340. The summed E-state index contributed by atoms with van der Waals surface area (Å²) in [4.78, 5) is 0. The zero-order valence-corrected chi connectivity index (χ0v) is 6.77. The molecule has 0 spiro atoms. The van der Waals surface area contributed by atoms with E-state index >= 15 is 0 Å². The third-order valence-electron chi connectivity index (χ3n) is 1.00. The molecule has 0 saturated heterocycles. The second-order valence-corrected chi connectivity index (χ2v) is 2.79. The van der Waals surface area contributed by atoms with Crippen molar-refractivity contribution in [3.8, 4) is 0 Å². The van der Waals surface area contributed by atoms with E-state index in [1.54, 1.807) is 0 Å². The molecule has 0 heterocycles. The predicted octanol–water partition coefficient (Wildman–Crippen LogP) is 1.52. The Balaban J connectivity index is 3.10. The first-order valence-electron chi connectivity index (χ1n) is 2.99. The molecular formula is C6H13OSi. The second kappa shape index (κ2) is 4.10. The smallest absolute Gasteiger partial charge is 0.246 e. The van der Waals surface area contributed by atoms with E-state index in [9.17, 15) is 0 Å². The predicted molar refractivity (Wildman–Crippen MR) is 35.8 cm³/mol. The molecule has 0 amide bonds. The zero-order valence-electron chi connectivity index (χ0n) is 5.77. The maximum Gasteiger partial charge on any atom is 0.246 e. The number of hydrogen-bond donors (Lipinski definition) is 0. The van der Waals surface area contributed by atoms with Gasteiger partial charge in [0.1, 0.15) is 0 Å². The first-order valence-corrected chi connectivity index (χ1v) is 3.40. The summed E-state index contributed by atoms with van der Waals surface area (Å²) in [6, 6.07) is 0. The van der Waals surface area contributed by atoms with E-state index in [0.29, 0.717) is 6.10 Å². The summed E-state index contributed by atoms with van der Waals surface area (Å²) in [7, 11) is 2.99. The number of rotatable bonds is 3. The average Bonchev–Trinajstić information content (AvgIpc) is 1.65. The maximum atomic E-state index is 4.87. The maximum absolute atomic E-state index is 4.87. The molecule has 0 aliphatic carbocycles. The van der Waals surface area contributed by atoms with E-state index in [4.69, 9.17) is 4.43 Å². The second-order valence-electron chi connectivity index (χ2n) is 2.56. The Hall–Kier alpha value is 0.177. The fraction of sp³-hybridized carbons (Fsp3) is 1.00. The Bertz CT molecular complexity index is 54.5. The Kier molecular flexibility index (Phi) is 4.19. The van der Waals surface area contributed by atoms with Crippen molar-refractivity contribution in [3.63, 3.8) is 0 Å². The van der Waals surface area contributed by atoms with Crippen LogP contribution < -0.4 is 0 Å². The van der Waals surface area contributed by atoms with Crippen LogP contribution in [0.2, 0.25) is 0 Å². The SMILES string of the molecule is CC(C)CC(C)O[Si]. The van der Waals surface area contributed by atoms with Crippen molar-refractivity contribution in [2.75, 3.05) is 0 Å². The zero-order chi connectivity index (χ0) is 6.57. The van der Waals surface area contributed by atoms with Crippen molar-refractivity contribution >= 4 is 10.5 Å². The molecule has 0 rings (SSSR count). The van der Waals surface area contributed by atoms with Gasteiger partial charge in [-0.3, -0.25) is 0 Å². The van der Waals surface area contributed by atoms with Crippen LogP contribution in [0.1, 0.15) is 27.2 Å². The van der Waals surface area contributed by atoms with Crippen LogP contribution in [-0.2, 0) is 4.43 Å². The van der Waals surface area contributed by atoms with Gasteiger partial charge >= 0.3 is 0 Å². The van der Waals surface area contributed by atoms with Crippen LogP contribution >= 0.6 is 0 Å². The number of hydrogen-bond acceptors (Lipinski definition) is 1. The van der Waals surface area contributed by atoms with E-state index in [1.165, 1.54) is 0 Å². The van der Waals surface area contributed by atoms with Gasteiger partial charge in [0.15, 0.2) is 0 Å². The Morgan fingerprint density at radius 2 is 1.88 bits per heavy atom. The molecule has 1 nitrogen and oxygen atoms in total. The van der Waals surface area contributed by atoms with Crippen LogP contribution in [0.3, 0.4) is 0 Å². The summed E-state index contributed by atoms with van der Waals surface area (Å²) in [5.74, 6) is 0.723. The molecule has 0 saturated carbocycles. The Morgan fingerprint density at radius 1 is 1.38 bits per heavy atom. The first kappa shape index (κ1) is 8.18. The van der Waals surface area contributed by atoms with Crippen molar-refractivity contribution < 1.29 is 4.43 Å². The highest BCUT2D eigenvalue weighted by molar-refractivity contribution is 5.98. The molecule has 1 atom stereocenters. The van der Waals surface area contributed by atoms with Crippen LogP contribution in [0, 0.1) is 5.92 Å². The van der Waals surface area contributed by atoms with Gasteiger partial charge in [-0.15, -0.1) is 0 Å². The molecule has 8 heavy (non-hydrogen) atoms. The highest BCUT2D eigenvalue weighted by Gasteiger charge is 2.00. The van der Waals surface area contributed by atoms with E-state index in [1.807, 2.05) is 6.92 Å². The standard InChI is InChI=1S/C6H13OSi/c1-5(2)4-6(3)7-8/h5-6H,4H2,1-3H3.